The molecular formula is C18H25N5O2S. The van der Waals surface area contributed by atoms with Gasteiger partial charge in [-0.1, -0.05) is 11.8 Å². The van der Waals surface area contributed by atoms with Crippen molar-refractivity contribution in [2.24, 2.45) is 0 Å². The summed E-state index contributed by atoms with van der Waals surface area (Å²) in [6.45, 7) is 4.18. The zero-order valence-electron chi connectivity index (χ0n) is 15.3. The lowest BCUT2D eigenvalue weighted by atomic mass is 10.0. The number of pyridine rings is 1. The molecule has 3 rings (SSSR count). The van der Waals surface area contributed by atoms with Crippen LogP contribution < -0.4 is 0 Å². The summed E-state index contributed by atoms with van der Waals surface area (Å²) in [6.07, 6.45) is 6.86. The van der Waals surface area contributed by atoms with Gasteiger partial charge in [0, 0.05) is 37.7 Å². The third-order valence-electron chi connectivity index (χ3n) is 4.62. The first-order valence-corrected chi connectivity index (χ1v) is 9.94. The van der Waals surface area contributed by atoms with Crippen LogP contribution >= 0.6 is 11.8 Å². The molecule has 7 nitrogen and oxygen atoms in total. The van der Waals surface area contributed by atoms with E-state index in [4.69, 9.17) is 4.74 Å². The number of piperidine rings is 1. The van der Waals surface area contributed by atoms with E-state index in [0.717, 1.165) is 35.9 Å². The second-order valence-electron chi connectivity index (χ2n) is 6.41. The highest BCUT2D eigenvalue weighted by Gasteiger charge is 2.24. The summed E-state index contributed by atoms with van der Waals surface area (Å²) in [6, 6.07) is 4.14. The van der Waals surface area contributed by atoms with Crippen LogP contribution in [0.25, 0.3) is 11.4 Å². The van der Waals surface area contributed by atoms with Gasteiger partial charge in [0.05, 0.1) is 18.9 Å². The van der Waals surface area contributed by atoms with Crippen LogP contribution in [-0.2, 0) is 16.1 Å². The molecule has 0 spiro atoms. The third-order valence-corrected chi connectivity index (χ3v) is 5.57. The molecule has 1 fully saturated rings. The molecule has 1 unspecified atom stereocenters. The smallest absolute Gasteiger partial charge is 0.233 e. The van der Waals surface area contributed by atoms with E-state index in [2.05, 4.69) is 22.1 Å². The first kappa shape index (κ1) is 18.8. The van der Waals surface area contributed by atoms with Gasteiger partial charge in [0.25, 0.3) is 0 Å². The van der Waals surface area contributed by atoms with Crippen LogP contribution in [0.15, 0.2) is 29.7 Å². The van der Waals surface area contributed by atoms with Gasteiger partial charge in [-0.15, -0.1) is 10.2 Å². The van der Waals surface area contributed by atoms with Crippen molar-refractivity contribution < 1.29 is 9.53 Å². The number of hydrogen-bond acceptors (Lipinski definition) is 6. The van der Waals surface area contributed by atoms with Crippen molar-refractivity contribution in [2.75, 3.05) is 26.0 Å². The van der Waals surface area contributed by atoms with Crippen molar-refractivity contribution in [2.45, 2.75) is 43.9 Å². The average Bonchev–Trinajstić information content (AvgIpc) is 3.08. The van der Waals surface area contributed by atoms with E-state index in [1.54, 1.807) is 19.5 Å². The number of aromatic nitrogens is 4. The monoisotopic (exact) mass is 375 g/mol. The van der Waals surface area contributed by atoms with E-state index in [9.17, 15) is 4.79 Å². The SMILES string of the molecule is COCCn1c(SCC(=O)N2CCCCC2C)nnc1-c1ccncc1. The van der Waals surface area contributed by atoms with Crippen LogP contribution in [0.4, 0.5) is 0 Å². The fourth-order valence-corrected chi connectivity index (χ4v) is 4.02. The summed E-state index contributed by atoms with van der Waals surface area (Å²) >= 11 is 1.44. The predicted molar refractivity (Wildman–Crippen MR) is 101 cm³/mol. The number of amides is 1. The quantitative estimate of drug-likeness (QED) is 0.692. The third kappa shape index (κ3) is 4.42. The lowest BCUT2D eigenvalue weighted by Crippen LogP contribution is -2.43. The molecule has 2 aromatic heterocycles. The predicted octanol–water partition coefficient (Wildman–Crippen LogP) is 2.48. The number of carbonyl (C=O) groups excluding carboxylic acids is 1. The topological polar surface area (TPSA) is 73.1 Å². The number of rotatable bonds is 7. The molecule has 0 N–H and O–H groups in total. The molecule has 0 bridgehead atoms. The van der Waals surface area contributed by atoms with Gasteiger partial charge in [-0.05, 0) is 38.3 Å². The Morgan fingerprint density at radius 2 is 2.12 bits per heavy atom. The molecule has 140 valence electrons. The molecule has 0 aliphatic carbocycles. The van der Waals surface area contributed by atoms with Crippen molar-refractivity contribution in [3.8, 4) is 11.4 Å². The van der Waals surface area contributed by atoms with Crippen molar-refractivity contribution >= 4 is 17.7 Å². The van der Waals surface area contributed by atoms with Gasteiger partial charge in [0.1, 0.15) is 0 Å². The van der Waals surface area contributed by atoms with E-state index >= 15 is 0 Å². The molecule has 26 heavy (non-hydrogen) atoms. The average molecular weight is 375 g/mol. The van der Waals surface area contributed by atoms with Gasteiger partial charge in [-0.2, -0.15) is 0 Å². The number of hydrogen-bond donors (Lipinski definition) is 0. The molecular weight excluding hydrogens is 350 g/mol. The summed E-state index contributed by atoms with van der Waals surface area (Å²) in [7, 11) is 1.67. The van der Waals surface area contributed by atoms with Crippen molar-refractivity contribution in [3.63, 3.8) is 0 Å². The van der Waals surface area contributed by atoms with Gasteiger partial charge >= 0.3 is 0 Å². The number of carbonyl (C=O) groups is 1. The number of ether oxygens (including phenoxy) is 1. The van der Waals surface area contributed by atoms with E-state index in [0.29, 0.717) is 24.9 Å². The van der Waals surface area contributed by atoms with Crippen LogP contribution in [0, 0.1) is 0 Å². The Labute approximate surface area is 158 Å². The van der Waals surface area contributed by atoms with Gasteiger partial charge in [0.15, 0.2) is 11.0 Å². The highest BCUT2D eigenvalue weighted by molar-refractivity contribution is 7.99. The Morgan fingerprint density at radius 3 is 2.85 bits per heavy atom. The normalized spacial score (nSPS) is 17.5. The Bertz CT molecular complexity index is 722. The van der Waals surface area contributed by atoms with Crippen LogP contribution in [-0.4, -0.2) is 62.6 Å². The molecule has 0 aromatic carbocycles. The van der Waals surface area contributed by atoms with Gasteiger partial charge in [-0.25, -0.2) is 0 Å². The van der Waals surface area contributed by atoms with E-state index in [1.807, 2.05) is 21.6 Å². The minimum Gasteiger partial charge on any atom is -0.383 e. The minimum absolute atomic E-state index is 0.175. The van der Waals surface area contributed by atoms with Crippen LogP contribution in [0.1, 0.15) is 26.2 Å². The Balaban J connectivity index is 1.72. The van der Waals surface area contributed by atoms with Crippen molar-refractivity contribution in [1.29, 1.82) is 0 Å². The lowest BCUT2D eigenvalue weighted by Gasteiger charge is -2.33. The van der Waals surface area contributed by atoms with Crippen LogP contribution in [0.3, 0.4) is 0 Å². The van der Waals surface area contributed by atoms with E-state index < -0.39 is 0 Å². The van der Waals surface area contributed by atoms with Gasteiger partial charge in [0.2, 0.25) is 5.91 Å². The molecule has 1 amide bonds. The minimum atomic E-state index is 0.175. The maximum atomic E-state index is 12.6. The zero-order chi connectivity index (χ0) is 18.4. The lowest BCUT2D eigenvalue weighted by molar-refractivity contribution is -0.131. The number of thioether (sulfide) groups is 1. The van der Waals surface area contributed by atoms with Gasteiger partial charge in [-0.3, -0.25) is 14.3 Å². The molecule has 1 saturated heterocycles. The molecule has 8 heteroatoms. The maximum Gasteiger partial charge on any atom is 0.233 e. The number of methoxy groups -OCH3 is 1. The zero-order valence-corrected chi connectivity index (χ0v) is 16.1. The molecule has 0 saturated carbocycles. The van der Waals surface area contributed by atoms with Gasteiger partial charge < -0.3 is 9.64 Å². The first-order chi connectivity index (χ1) is 12.7. The standard InChI is InChI=1S/C18H25N5O2S/c1-14-5-3-4-10-22(14)16(24)13-26-18-21-20-17(23(18)11-12-25-2)15-6-8-19-9-7-15/h6-9,14H,3-5,10-13H2,1-2H3. The summed E-state index contributed by atoms with van der Waals surface area (Å²) in [5.74, 6) is 1.32. The van der Waals surface area contributed by atoms with Crippen molar-refractivity contribution in [1.82, 2.24) is 24.6 Å². The van der Waals surface area contributed by atoms with Crippen molar-refractivity contribution in [3.05, 3.63) is 24.5 Å². The van der Waals surface area contributed by atoms with E-state index in [-0.39, 0.29) is 5.91 Å². The number of likely N-dealkylation sites (tertiary alicyclic amines) is 1. The fourth-order valence-electron chi connectivity index (χ4n) is 3.17. The second-order valence-corrected chi connectivity index (χ2v) is 7.35. The summed E-state index contributed by atoms with van der Waals surface area (Å²) in [5, 5.41) is 9.38. The summed E-state index contributed by atoms with van der Waals surface area (Å²) < 4.78 is 7.23. The highest BCUT2D eigenvalue weighted by atomic mass is 32.2. The molecule has 0 radical (unpaired) electrons. The molecule has 2 aromatic rings. The molecule has 1 aliphatic heterocycles. The Morgan fingerprint density at radius 1 is 1.31 bits per heavy atom. The molecule has 1 aliphatic rings. The van der Waals surface area contributed by atoms with Crippen LogP contribution in [0.2, 0.25) is 0 Å². The molecule has 1 atom stereocenters. The molecule has 3 heterocycles. The first-order valence-electron chi connectivity index (χ1n) is 8.95. The van der Waals surface area contributed by atoms with E-state index in [1.165, 1.54) is 18.2 Å². The second kappa shape index (κ2) is 9.14. The summed E-state index contributed by atoms with van der Waals surface area (Å²) in [5.41, 5.74) is 0.950. The highest BCUT2D eigenvalue weighted by Crippen LogP contribution is 2.25. The maximum absolute atomic E-state index is 12.6. The Kier molecular flexibility index (Phi) is 6.62. The van der Waals surface area contributed by atoms with Crippen LogP contribution in [0.5, 0.6) is 0 Å². The fraction of sp³-hybridized carbons (Fsp3) is 0.556. The number of nitrogens with zero attached hydrogens (tertiary/aromatic N) is 5. The largest absolute Gasteiger partial charge is 0.383 e. The summed E-state index contributed by atoms with van der Waals surface area (Å²) in [4.78, 5) is 18.6. The Hall–Kier alpha value is -1.93.